The first-order valence-corrected chi connectivity index (χ1v) is 4.73. The van der Waals surface area contributed by atoms with Gasteiger partial charge in [0.15, 0.2) is 18.1 Å². The highest BCUT2D eigenvalue weighted by Gasteiger charge is 2.57. The monoisotopic (exact) mass is 229 g/mol. The average molecular weight is 229 g/mol. The molecule has 88 valence electrons. The number of carbonyl (C=O) groups is 1. The van der Waals surface area contributed by atoms with E-state index in [0.29, 0.717) is 0 Å². The molecule has 0 aromatic heterocycles. The lowest BCUT2D eigenvalue weighted by atomic mass is 10.1. The van der Waals surface area contributed by atoms with Crippen molar-refractivity contribution < 1.29 is 24.1 Å². The van der Waals surface area contributed by atoms with Crippen LogP contribution in [0.4, 0.5) is 0 Å². The molecule has 4 atom stereocenters. The van der Waals surface area contributed by atoms with Crippen molar-refractivity contribution >= 4 is 5.97 Å². The molecule has 2 aliphatic rings. The van der Waals surface area contributed by atoms with E-state index >= 15 is 0 Å². The molecule has 0 aromatic rings. The van der Waals surface area contributed by atoms with Gasteiger partial charge in [0.1, 0.15) is 12.2 Å². The number of carboxylic acids is 1. The highest BCUT2D eigenvalue weighted by Crippen LogP contribution is 2.39. The van der Waals surface area contributed by atoms with Crippen LogP contribution < -0.4 is 0 Å². The predicted octanol–water partition coefficient (Wildman–Crippen LogP) is 0.626. The van der Waals surface area contributed by atoms with E-state index in [2.05, 4.69) is 10.0 Å². The highest BCUT2D eigenvalue weighted by molar-refractivity contribution is 5.73. The second-order valence-electron chi connectivity index (χ2n) is 4.06. The average Bonchev–Trinajstić information content (AvgIpc) is 2.61. The molecule has 8 nitrogen and oxygen atoms in total. The Balaban J connectivity index is 2.25. The van der Waals surface area contributed by atoms with Gasteiger partial charge in [-0.1, -0.05) is 5.11 Å². The molecule has 0 saturated carbocycles. The molecule has 1 N–H and O–H groups in total. The largest absolute Gasteiger partial charge is 0.479 e. The summed E-state index contributed by atoms with van der Waals surface area (Å²) >= 11 is 0. The summed E-state index contributed by atoms with van der Waals surface area (Å²) in [6, 6.07) is 0. The minimum atomic E-state index is -1.16. The summed E-state index contributed by atoms with van der Waals surface area (Å²) < 4.78 is 15.9. The normalized spacial score (nSPS) is 40.1. The predicted molar refractivity (Wildman–Crippen MR) is 49.3 cm³/mol. The fourth-order valence-corrected chi connectivity index (χ4v) is 1.92. The second-order valence-corrected chi connectivity index (χ2v) is 4.06. The molecule has 0 spiro atoms. The fraction of sp³-hybridized carbons (Fsp3) is 0.875. The molecule has 0 amide bonds. The summed E-state index contributed by atoms with van der Waals surface area (Å²) in [5.41, 5.74) is 8.34. The fourth-order valence-electron chi connectivity index (χ4n) is 1.92. The molecule has 0 aromatic carbocycles. The Labute approximate surface area is 90.7 Å². The van der Waals surface area contributed by atoms with Crippen molar-refractivity contribution in [2.45, 2.75) is 44.2 Å². The quantitative estimate of drug-likeness (QED) is 0.423. The molecular weight excluding hydrogens is 218 g/mol. The first-order chi connectivity index (χ1) is 7.44. The van der Waals surface area contributed by atoms with Gasteiger partial charge in [0.05, 0.1) is 0 Å². The maximum absolute atomic E-state index is 10.9. The lowest BCUT2D eigenvalue weighted by molar-refractivity contribution is -0.193. The molecule has 2 rings (SSSR count). The zero-order valence-electron chi connectivity index (χ0n) is 8.73. The van der Waals surface area contributed by atoms with E-state index in [1.54, 1.807) is 13.8 Å². The van der Waals surface area contributed by atoms with Crippen LogP contribution in [0.1, 0.15) is 13.8 Å². The Hall–Kier alpha value is -1.34. The molecule has 0 radical (unpaired) electrons. The van der Waals surface area contributed by atoms with Crippen LogP contribution in [0.25, 0.3) is 10.4 Å². The number of nitrogens with zero attached hydrogens (tertiary/aromatic N) is 3. The van der Waals surface area contributed by atoms with Crippen molar-refractivity contribution in [2.75, 3.05) is 0 Å². The summed E-state index contributed by atoms with van der Waals surface area (Å²) in [5, 5.41) is 12.3. The van der Waals surface area contributed by atoms with Crippen molar-refractivity contribution in [3.8, 4) is 0 Å². The molecule has 8 heteroatoms. The second kappa shape index (κ2) is 3.60. The van der Waals surface area contributed by atoms with Gasteiger partial charge >= 0.3 is 5.97 Å². The zero-order chi connectivity index (χ0) is 11.9. The molecule has 0 aliphatic carbocycles. The lowest BCUT2D eigenvalue weighted by Gasteiger charge is -2.21. The van der Waals surface area contributed by atoms with E-state index in [-0.39, 0.29) is 0 Å². The number of ether oxygens (including phenoxy) is 3. The molecule has 2 heterocycles. The van der Waals surface area contributed by atoms with Gasteiger partial charge in [-0.3, -0.25) is 0 Å². The van der Waals surface area contributed by atoms with Crippen LogP contribution in [-0.4, -0.2) is 41.4 Å². The molecule has 0 bridgehead atoms. The van der Waals surface area contributed by atoms with Crippen LogP contribution in [0.5, 0.6) is 0 Å². The Kier molecular flexibility index (Phi) is 2.51. The summed E-state index contributed by atoms with van der Waals surface area (Å²) in [5.74, 6) is -2.05. The smallest absolute Gasteiger partial charge is 0.335 e. The van der Waals surface area contributed by atoms with Crippen molar-refractivity contribution in [1.29, 1.82) is 0 Å². The number of azide groups is 1. The number of hydrogen-bond acceptors (Lipinski definition) is 5. The number of carboxylic acid groups (broad SMARTS) is 1. The number of rotatable bonds is 2. The summed E-state index contributed by atoms with van der Waals surface area (Å²) in [6.45, 7) is 3.33. The van der Waals surface area contributed by atoms with E-state index in [0.717, 1.165) is 0 Å². The van der Waals surface area contributed by atoms with Crippen molar-refractivity contribution in [2.24, 2.45) is 5.11 Å². The number of hydrogen-bond donors (Lipinski definition) is 1. The van der Waals surface area contributed by atoms with Crippen LogP contribution in [0.15, 0.2) is 5.11 Å². The zero-order valence-corrected chi connectivity index (χ0v) is 8.73. The van der Waals surface area contributed by atoms with Crippen molar-refractivity contribution in [3.63, 3.8) is 0 Å². The molecule has 16 heavy (non-hydrogen) atoms. The first kappa shape index (κ1) is 11.2. The summed E-state index contributed by atoms with van der Waals surface area (Å²) in [4.78, 5) is 13.5. The lowest BCUT2D eigenvalue weighted by Crippen LogP contribution is -2.35. The van der Waals surface area contributed by atoms with Gasteiger partial charge in [-0.05, 0) is 19.4 Å². The maximum Gasteiger partial charge on any atom is 0.335 e. The minimum absolute atomic E-state index is 0.674. The van der Waals surface area contributed by atoms with Gasteiger partial charge in [0.2, 0.25) is 0 Å². The number of aliphatic carboxylic acids is 1. The minimum Gasteiger partial charge on any atom is -0.479 e. The van der Waals surface area contributed by atoms with Crippen molar-refractivity contribution in [1.82, 2.24) is 0 Å². The van der Waals surface area contributed by atoms with Crippen LogP contribution in [0.2, 0.25) is 0 Å². The molecular formula is C8H11N3O5. The number of fused-ring (bicyclic) bond motifs is 1. The topological polar surface area (TPSA) is 114 Å². The Morgan fingerprint density at radius 2 is 2.06 bits per heavy atom. The molecule has 2 fully saturated rings. The van der Waals surface area contributed by atoms with Gasteiger partial charge in [-0.15, -0.1) is 0 Å². The van der Waals surface area contributed by atoms with E-state index in [9.17, 15) is 4.79 Å². The molecule has 2 saturated heterocycles. The third-order valence-electron chi connectivity index (χ3n) is 2.44. The van der Waals surface area contributed by atoms with Crippen LogP contribution in [0, 0.1) is 0 Å². The van der Waals surface area contributed by atoms with Crippen molar-refractivity contribution in [3.05, 3.63) is 10.4 Å². The maximum atomic E-state index is 10.9. The van der Waals surface area contributed by atoms with Gasteiger partial charge in [-0.2, -0.15) is 0 Å². The Morgan fingerprint density at radius 1 is 1.44 bits per heavy atom. The summed E-state index contributed by atoms with van der Waals surface area (Å²) in [7, 11) is 0. The van der Waals surface area contributed by atoms with Crippen LogP contribution in [-0.2, 0) is 19.0 Å². The van der Waals surface area contributed by atoms with Crippen LogP contribution >= 0.6 is 0 Å². The Morgan fingerprint density at radius 3 is 2.62 bits per heavy atom. The third-order valence-corrected chi connectivity index (χ3v) is 2.44. The Bertz CT molecular complexity index is 347. The van der Waals surface area contributed by atoms with E-state index in [1.165, 1.54) is 0 Å². The highest BCUT2D eigenvalue weighted by atomic mass is 16.8. The van der Waals surface area contributed by atoms with Crippen LogP contribution in [0.3, 0.4) is 0 Å². The molecule has 1 unspecified atom stereocenters. The van der Waals surface area contributed by atoms with E-state index in [1.807, 2.05) is 0 Å². The molecule has 2 aliphatic heterocycles. The first-order valence-electron chi connectivity index (χ1n) is 4.73. The van der Waals surface area contributed by atoms with Gasteiger partial charge < -0.3 is 19.3 Å². The van der Waals surface area contributed by atoms with Gasteiger partial charge in [-0.25, -0.2) is 4.79 Å². The third kappa shape index (κ3) is 1.72. The SMILES string of the molecule is CC1(C)O[C@@H]2[C@@H](C(=O)O)OC(N=[N+]=[N-])[C@@H]2O1. The van der Waals surface area contributed by atoms with Gasteiger partial charge in [0.25, 0.3) is 0 Å². The standard InChI is InChI=1S/C8H11N3O5/c1-8(2)15-3-4(16-8)6(10-11-9)14-5(3)7(12)13/h3-6H,1-2H3,(H,12,13)/t3-,4+,5-,6?/m0/s1. The van der Waals surface area contributed by atoms with E-state index in [4.69, 9.17) is 24.8 Å². The van der Waals surface area contributed by atoms with Gasteiger partial charge in [0, 0.05) is 4.91 Å². The summed E-state index contributed by atoms with van der Waals surface area (Å²) in [6.07, 6.45) is -3.55. The van der Waals surface area contributed by atoms with E-state index < -0.39 is 36.3 Å².